The monoisotopic (exact) mass is 439 g/mol. The van der Waals surface area contributed by atoms with Crippen LogP contribution in [0.3, 0.4) is 0 Å². The molecule has 2 aromatic carbocycles. The number of nitrogens with one attached hydrogen (secondary N) is 1. The van der Waals surface area contributed by atoms with E-state index in [0.717, 1.165) is 16.3 Å². The molecule has 0 saturated carbocycles. The molecule has 0 fully saturated rings. The second kappa shape index (κ2) is 10.3. The molecule has 2 aromatic rings. The summed E-state index contributed by atoms with van der Waals surface area (Å²) in [7, 11) is 0. The third-order valence-electron chi connectivity index (χ3n) is 5.50. The van der Waals surface area contributed by atoms with E-state index in [0.29, 0.717) is 25.9 Å². The first-order chi connectivity index (χ1) is 15.3. The van der Waals surface area contributed by atoms with E-state index in [4.69, 9.17) is 10.5 Å². The molecule has 1 aliphatic rings. The molecule has 3 rings (SSSR count). The highest BCUT2D eigenvalue weighted by molar-refractivity contribution is 5.89. The van der Waals surface area contributed by atoms with E-state index in [1.54, 1.807) is 4.90 Å². The zero-order valence-electron chi connectivity index (χ0n) is 18.3. The molecule has 0 bridgehead atoms. The molecule has 8 nitrogen and oxygen atoms in total. The first-order valence-corrected chi connectivity index (χ1v) is 10.7. The number of carboxylic acids is 1. The van der Waals surface area contributed by atoms with Gasteiger partial charge in [-0.25, -0.2) is 4.79 Å². The number of fused-ring (bicyclic) bond motifs is 1. The lowest BCUT2D eigenvalue weighted by Gasteiger charge is -2.37. The van der Waals surface area contributed by atoms with Crippen LogP contribution in [0.1, 0.15) is 25.8 Å². The van der Waals surface area contributed by atoms with Gasteiger partial charge in [0.25, 0.3) is 5.91 Å². The lowest BCUT2D eigenvalue weighted by molar-refractivity contribution is -0.149. The number of nitrogens with zero attached hydrogens (tertiary/aromatic N) is 1. The molecule has 0 spiro atoms. The summed E-state index contributed by atoms with van der Waals surface area (Å²) in [6, 6.07) is 12.4. The Hall–Kier alpha value is -3.39. The summed E-state index contributed by atoms with van der Waals surface area (Å²) < 4.78 is 5.52. The second-order valence-electron chi connectivity index (χ2n) is 7.89. The molecule has 0 aromatic heterocycles. The van der Waals surface area contributed by atoms with Gasteiger partial charge in [0, 0.05) is 20.0 Å². The van der Waals surface area contributed by atoms with Crippen molar-refractivity contribution < 1.29 is 24.2 Å². The van der Waals surface area contributed by atoms with Crippen molar-refractivity contribution in [2.45, 2.75) is 44.9 Å². The Morgan fingerprint density at radius 2 is 1.84 bits per heavy atom. The lowest BCUT2D eigenvalue weighted by Crippen LogP contribution is -2.61. The maximum Gasteiger partial charge on any atom is 0.370 e. The molecule has 4 N–H and O–H groups in total. The van der Waals surface area contributed by atoms with Gasteiger partial charge < -0.3 is 25.8 Å². The van der Waals surface area contributed by atoms with Gasteiger partial charge in [-0.1, -0.05) is 49.4 Å². The number of benzene rings is 2. The second-order valence-corrected chi connectivity index (χ2v) is 7.89. The number of carboxylic acid groups (broad SMARTS) is 1. The number of hydrogen-bond acceptors (Lipinski definition) is 5. The van der Waals surface area contributed by atoms with Gasteiger partial charge in [0.2, 0.25) is 11.7 Å². The number of rotatable bonds is 8. The number of aliphatic carboxylic acids is 1. The van der Waals surface area contributed by atoms with E-state index < -0.39 is 30.1 Å². The molecule has 1 aliphatic heterocycles. The molecule has 170 valence electrons. The average Bonchev–Trinajstić information content (AvgIpc) is 2.77. The molecule has 0 unspecified atom stereocenters. The van der Waals surface area contributed by atoms with Crippen LogP contribution in [0.25, 0.3) is 10.8 Å². The van der Waals surface area contributed by atoms with Gasteiger partial charge >= 0.3 is 5.97 Å². The number of carbonyl (C=O) groups is 3. The zero-order chi connectivity index (χ0) is 23.3. The Balaban J connectivity index is 1.83. The van der Waals surface area contributed by atoms with E-state index in [2.05, 4.69) is 11.4 Å². The van der Waals surface area contributed by atoms with Gasteiger partial charge in [-0.15, -0.1) is 0 Å². The summed E-state index contributed by atoms with van der Waals surface area (Å²) >= 11 is 0. The fourth-order valence-electron chi connectivity index (χ4n) is 4.01. The Bertz CT molecular complexity index is 1030. The number of hydrogen-bond donors (Lipinski definition) is 3. The largest absolute Gasteiger partial charge is 0.475 e. The first-order valence-electron chi connectivity index (χ1n) is 10.7. The number of nitrogens with two attached hydrogens (primary N) is 1. The summed E-state index contributed by atoms with van der Waals surface area (Å²) in [5, 5.41) is 14.3. The van der Waals surface area contributed by atoms with Crippen molar-refractivity contribution in [3.8, 4) is 0 Å². The Labute approximate surface area is 187 Å². The predicted molar refractivity (Wildman–Crippen MR) is 121 cm³/mol. The van der Waals surface area contributed by atoms with Crippen LogP contribution in [-0.2, 0) is 25.5 Å². The summed E-state index contributed by atoms with van der Waals surface area (Å²) in [5.74, 6) is -2.47. The van der Waals surface area contributed by atoms with Crippen LogP contribution in [0.5, 0.6) is 0 Å². The van der Waals surface area contributed by atoms with Gasteiger partial charge in [0.05, 0.1) is 12.1 Å². The number of ether oxygens (including phenoxy) is 1. The molecule has 2 amide bonds. The van der Waals surface area contributed by atoms with E-state index in [1.807, 2.05) is 43.3 Å². The van der Waals surface area contributed by atoms with Gasteiger partial charge in [0.1, 0.15) is 0 Å². The Kier molecular flexibility index (Phi) is 7.48. The molecule has 3 atom stereocenters. The van der Waals surface area contributed by atoms with Crippen molar-refractivity contribution in [2.24, 2.45) is 5.73 Å². The molecule has 32 heavy (non-hydrogen) atoms. The quantitative estimate of drug-likeness (QED) is 0.577. The number of carbonyl (C=O) groups excluding carboxylic acids is 2. The van der Waals surface area contributed by atoms with Crippen molar-refractivity contribution >= 4 is 28.6 Å². The highest BCUT2D eigenvalue weighted by atomic mass is 16.5. The van der Waals surface area contributed by atoms with E-state index in [-0.39, 0.29) is 11.7 Å². The summed E-state index contributed by atoms with van der Waals surface area (Å²) in [4.78, 5) is 38.3. The SMILES string of the molecule is CCCN(CCc1cccc2ccccc12)C(=O)[C@@H]1OC(C(=O)O)=C[C@H](N)[C@H]1NC(C)=O. The third kappa shape index (κ3) is 5.26. The van der Waals surface area contributed by atoms with E-state index >= 15 is 0 Å². The van der Waals surface area contributed by atoms with Crippen LogP contribution in [0.4, 0.5) is 0 Å². The molecule has 1 heterocycles. The van der Waals surface area contributed by atoms with Crippen molar-refractivity contribution in [3.05, 3.63) is 59.9 Å². The molecule has 8 heteroatoms. The number of amides is 2. The summed E-state index contributed by atoms with van der Waals surface area (Å²) in [6.45, 7) is 4.17. The summed E-state index contributed by atoms with van der Waals surface area (Å²) in [6.07, 6.45) is 1.33. The highest BCUT2D eigenvalue weighted by Gasteiger charge is 2.41. The van der Waals surface area contributed by atoms with E-state index in [1.165, 1.54) is 13.0 Å². The molecule has 0 saturated heterocycles. The Morgan fingerprint density at radius 3 is 2.53 bits per heavy atom. The first kappa shape index (κ1) is 23.3. The molecular weight excluding hydrogens is 410 g/mol. The van der Waals surface area contributed by atoms with Crippen molar-refractivity contribution in [1.29, 1.82) is 0 Å². The third-order valence-corrected chi connectivity index (χ3v) is 5.50. The van der Waals surface area contributed by atoms with Gasteiger partial charge in [-0.3, -0.25) is 9.59 Å². The van der Waals surface area contributed by atoms with Gasteiger partial charge in [0.15, 0.2) is 6.10 Å². The normalized spacial score (nSPS) is 20.2. The van der Waals surface area contributed by atoms with Gasteiger partial charge in [-0.2, -0.15) is 0 Å². The van der Waals surface area contributed by atoms with Crippen LogP contribution in [0, 0.1) is 0 Å². The minimum atomic E-state index is -1.31. The molecule has 0 aliphatic carbocycles. The topological polar surface area (TPSA) is 122 Å². The zero-order valence-corrected chi connectivity index (χ0v) is 18.3. The van der Waals surface area contributed by atoms with Crippen LogP contribution in [-0.4, -0.2) is 59.1 Å². The fourth-order valence-corrected chi connectivity index (χ4v) is 4.01. The minimum absolute atomic E-state index is 0.378. The summed E-state index contributed by atoms with van der Waals surface area (Å²) in [5.41, 5.74) is 7.19. The Morgan fingerprint density at radius 1 is 1.12 bits per heavy atom. The maximum absolute atomic E-state index is 13.5. The molecule has 0 radical (unpaired) electrons. The smallest absolute Gasteiger partial charge is 0.370 e. The highest BCUT2D eigenvalue weighted by Crippen LogP contribution is 2.22. The van der Waals surface area contributed by atoms with Crippen molar-refractivity contribution in [2.75, 3.05) is 13.1 Å². The van der Waals surface area contributed by atoms with Crippen molar-refractivity contribution in [1.82, 2.24) is 10.2 Å². The lowest BCUT2D eigenvalue weighted by atomic mass is 9.97. The minimum Gasteiger partial charge on any atom is -0.475 e. The van der Waals surface area contributed by atoms with Crippen molar-refractivity contribution in [3.63, 3.8) is 0 Å². The van der Waals surface area contributed by atoms with Gasteiger partial charge in [-0.05, 0) is 35.3 Å². The fraction of sp³-hybridized carbons (Fsp3) is 0.375. The van der Waals surface area contributed by atoms with Crippen LogP contribution >= 0.6 is 0 Å². The predicted octanol–water partition coefficient (Wildman–Crippen LogP) is 1.82. The van der Waals surface area contributed by atoms with E-state index in [9.17, 15) is 19.5 Å². The molecular formula is C24H29N3O5. The maximum atomic E-state index is 13.5. The van der Waals surface area contributed by atoms with Crippen LogP contribution in [0.2, 0.25) is 0 Å². The standard InChI is InChI=1S/C24H29N3O5/c1-3-12-27(13-11-17-9-6-8-16-7-4-5-10-18(16)17)23(29)22-21(26-15(2)28)19(25)14-20(32-22)24(30)31/h4-10,14,19,21-22H,3,11-13,25H2,1-2H3,(H,26,28)(H,30,31)/t19-,21+,22+/m0/s1. The van der Waals surface area contributed by atoms with Crippen LogP contribution in [0.15, 0.2) is 54.3 Å². The van der Waals surface area contributed by atoms with Crippen LogP contribution < -0.4 is 11.1 Å². The average molecular weight is 440 g/mol.